The summed E-state index contributed by atoms with van der Waals surface area (Å²) in [5.41, 5.74) is 7.16. The number of para-hydroxylation sites is 2. The summed E-state index contributed by atoms with van der Waals surface area (Å²) in [5.74, 6) is 0.837. The van der Waals surface area contributed by atoms with Gasteiger partial charge in [-0.15, -0.1) is 0 Å². The number of fused-ring (bicyclic) bond motifs is 1. The maximum absolute atomic E-state index is 5.98. The average Bonchev–Trinajstić information content (AvgIpc) is 3.60. The summed E-state index contributed by atoms with van der Waals surface area (Å²) in [6.07, 6.45) is 1.99. The van der Waals surface area contributed by atoms with E-state index in [9.17, 15) is 0 Å². The molecule has 6 aromatic rings. The Morgan fingerprint density at radius 1 is 0.657 bits per heavy atom. The van der Waals surface area contributed by atoms with E-state index in [4.69, 9.17) is 4.74 Å². The van der Waals surface area contributed by atoms with E-state index in [1.165, 1.54) is 16.5 Å². The highest BCUT2D eigenvalue weighted by molar-refractivity contribution is 5.99. The van der Waals surface area contributed by atoms with E-state index in [0.29, 0.717) is 0 Å². The van der Waals surface area contributed by atoms with Crippen LogP contribution in [0.4, 0.5) is 0 Å². The van der Waals surface area contributed by atoms with Crippen molar-refractivity contribution in [2.75, 3.05) is 7.11 Å². The Hall–Kier alpha value is -4.50. The quantitative estimate of drug-likeness (QED) is 0.268. The zero-order valence-corrected chi connectivity index (χ0v) is 19.5. The SMILES string of the molecule is COc1ccccc1C(c1ccccc1)(c1ccc[nH]1)c1[nH]c2ccccc2c1-c1ccccc1. The van der Waals surface area contributed by atoms with Gasteiger partial charge in [0.05, 0.1) is 7.11 Å². The number of methoxy groups -OCH3 is 1. The van der Waals surface area contributed by atoms with Gasteiger partial charge in [-0.1, -0.05) is 97.1 Å². The van der Waals surface area contributed by atoms with E-state index in [1.807, 2.05) is 18.3 Å². The Labute approximate surface area is 205 Å². The summed E-state index contributed by atoms with van der Waals surface area (Å²) in [4.78, 5) is 7.44. The second-order valence-corrected chi connectivity index (χ2v) is 8.69. The van der Waals surface area contributed by atoms with Crippen molar-refractivity contribution >= 4 is 10.9 Å². The van der Waals surface area contributed by atoms with Gasteiger partial charge < -0.3 is 14.7 Å². The number of H-pyrrole nitrogens is 2. The van der Waals surface area contributed by atoms with Crippen LogP contribution in [0.5, 0.6) is 5.75 Å². The lowest BCUT2D eigenvalue weighted by Gasteiger charge is -2.36. The van der Waals surface area contributed by atoms with Gasteiger partial charge in [-0.05, 0) is 35.4 Å². The Balaban J connectivity index is 1.84. The van der Waals surface area contributed by atoms with Gasteiger partial charge in [0.2, 0.25) is 0 Å². The molecule has 2 N–H and O–H groups in total. The number of rotatable bonds is 6. The highest BCUT2D eigenvalue weighted by Crippen LogP contribution is 2.51. The summed E-state index contributed by atoms with van der Waals surface area (Å²) >= 11 is 0. The second-order valence-electron chi connectivity index (χ2n) is 8.69. The fourth-order valence-corrected chi connectivity index (χ4v) is 5.40. The third-order valence-electron chi connectivity index (χ3n) is 6.86. The number of hydrogen-bond acceptors (Lipinski definition) is 1. The Morgan fingerprint density at radius 3 is 2.09 bits per heavy atom. The minimum absolute atomic E-state index is 0.679. The molecule has 0 radical (unpaired) electrons. The van der Waals surface area contributed by atoms with Crippen LogP contribution in [-0.4, -0.2) is 17.1 Å². The summed E-state index contributed by atoms with van der Waals surface area (Å²) in [7, 11) is 1.74. The molecule has 170 valence electrons. The molecule has 0 aliphatic heterocycles. The number of ether oxygens (including phenoxy) is 1. The van der Waals surface area contributed by atoms with E-state index in [-0.39, 0.29) is 0 Å². The van der Waals surface area contributed by atoms with Gasteiger partial charge in [-0.3, -0.25) is 0 Å². The first-order chi connectivity index (χ1) is 17.3. The fourth-order valence-electron chi connectivity index (χ4n) is 5.40. The molecule has 2 aromatic heterocycles. The monoisotopic (exact) mass is 454 g/mol. The topological polar surface area (TPSA) is 40.8 Å². The van der Waals surface area contributed by atoms with Crippen LogP contribution in [0.1, 0.15) is 22.5 Å². The second kappa shape index (κ2) is 8.69. The lowest BCUT2D eigenvalue weighted by Crippen LogP contribution is -2.33. The van der Waals surface area contributed by atoms with Crippen molar-refractivity contribution in [1.82, 2.24) is 9.97 Å². The number of hydrogen-bond donors (Lipinski definition) is 2. The van der Waals surface area contributed by atoms with Gasteiger partial charge in [0, 0.05) is 39.6 Å². The standard InChI is InChI=1S/C32H26N2O/c1-35-28-20-11-9-18-26(28)32(29-21-12-22-33-29,24-15-6-3-7-16-24)31-30(23-13-4-2-5-14-23)25-17-8-10-19-27(25)34-31/h2-22,33-34H,1H3. The predicted molar refractivity (Wildman–Crippen MR) is 143 cm³/mol. The minimum atomic E-state index is -0.679. The fraction of sp³-hybridized carbons (Fsp3) is 0.0625. The van der Waals surface area contributed by atoms with Crippen LogP contribution in [0.2, 0.25) is 0 Å². The number of aromatic nitrogens is 2. The maximum Gasteiger partial charge on any atom is 0.123 e. The van der Waals surface area contributed by atoms with Gasteiger partial charge in [0.15, 0.2) is 0 Å². The Morgan fingerprint density at radius 2 is 1.34 bits per heavy atom. The van der Waals surface area contributed by atoms with E-state index in [2.05, 4.69) is 119 Å². The maximum atomic E-state index is 5.98. The minimum Gasteiger partial charge on any atom is -0.496 e. The number of benzene rings is 4. The molecule has 4 aromatic carbocycles. The lowest BCUT2D eigenvalue weighted by atomic mass is 9.67. The largest absolute Gasteiger partial charge is 0.496 e. The van der Waals surface area contributed by atoms with Crippen molar-refractivity contribution in [1.29, 1.82) is 0 Å². The van der Waals surface area contributed by atoms with Gasteiger partial charge in [-0.2, -0.15) is 0 Å². The van der Waals surface area contributed by atoms with Gasteiger partial charge >= 0.3 is 0 Å². The van der Waals surface area contributed by atoms with Crippen molar-refractivity contribution in [3.05, 3.63) is 150 Å². The van der Waals surface area contributed by atoms with Crippen LogP contribution in [0.25, 0.3) is 22.0 Å². The normalized spacial score (nSPS) is 12.9. The molecule has 35 heavy (non-hydrogen) atoms. The first kappa shape index (κ1) is 21.1. The molecule has 0 saturated carbocycles. The highest BCUT2D eigenvalue weighted by Gasteiger charge is 2.44. The molecule has 0 fully saturated rings. The molecule has 0 bridgehead atoms. The summed E-state index contributed by atoms with van der Waals surface area (Å²) in [6.45, 7) is 0. The molecule has 1 atom stereocenters. The van der Waals surface area contributed by atoms with Crippen molar-refractivity contribution < 1.29 is 4.74 Å². The summed E-state index contributed by atoms with van der Waals surface area (Å²) in [5, 5.41) is 1.19. The average molecular weight is 455 g/mol. The molecule has 6 rings (SSSR count). The molecule has 0 spiro atoms. The molecule has 0 saturated heterocycles. The molecule has 3 nitrogen and oxygen atoms in total. The molecule has 1 unspecified atom stereocenters. The number of aromatic amines is 2. The van der Waals surface area contributed by atoms with E-state index in [0.717, 1.165) is 33.8 Å². The zero-order valence-electron chi connectivity index (χ0n) is 19.5. The molecule has 0 aliphatic carbocycles. The van der Waals surface area contributed by atoms with E-state index in [1.54, 1.807) is 7.11 Å². The summed E-state index contributed by atoms with van der Waals surface area (Å²) < 4.78 is 5.98. The van der Waals surface area contributed by atoms with Crippen LogP contribution < -0.4 is 4.74 Å². The van der Waals surface area contributed by atoms with E-state index < -0.39 is 5.41 Å². The smallest absolute Gasteiger partial charge is 0.123 e. The predicted octanol–water partition coefficient (Wildman–Crippen LogP) is 7.55. The Bertz CT molecular complexity index is 1570. The summed E-state index contributed by atoms with van der Waals surface area (Å²) in [6, 6.07) is 42.4. The molecule has 3 heteroatoms. The molecular formula is C32H26N2O. The van der Waals surface area contributed by atoms with Crippen molar-refractivity contribution in [2.24, 2.45) is 0 Å². The molecular weight excluding hydrogens is 428 g/mol. The highest BCUT2D eigenvalue weighted by atomic mass is 16.5. The third-order valence-corrected chi connectivity index (χ3v) is 6.86. The first-order valence-corrected chi connectivity index (χ1v) is 11.8. The van der Waals surface area contributed by atoms with Crippen LogP contribution in [-0.2, 0) is 5.41 Å². The molecule has 2 heterocycles. The van der Waals surface area contributed by atoms with Crippen LogP contribution in [0.3, 0.4) is 0 Å². The van der Waals surface area contributed by atoms with Gasteiger partial charge in [-0.25, -0.2) is 0 Å². The van der Waals surface area contributed by atoms with Crippen molar-refractivity contribution in [3.63, 3.8) is 0 Å². The lowest BCUT2D eigenvalue weighted by molar-refractivity contribution is 0.404. The van der Waals surface area contributed by atoms with Crippen LogP contribution in [0, 0.1) is 0 Å². The zero-order chi connectivity index (χ0) is 23.7. The van der Waals surface area contributed by atoms with Crippen molar-refractivity contribution in [3.8, 4) is 16.9 Å². The van der Waals surface area contributed by atoms with Crippen LogP contribution in [0.15, 0.2) is 128 Å². The van der Waals surface area contributed by atoms with Gasteiger partial charge in [0.25, 0.3) is 0 Å². The van der Waals surface area contributed by atoms with Crippen molar-refractivity contribution in [2.45, 2.75) is 5.41 Å². The van der Waals surface area contributed by atoms with Gasteiger partial charge in [0.1, 0.15) is 11.2 Å². The third kappa shape index (κ3) is 3.28. The van der Waals surface area contributed by atoms with E-state index >= 15 is 0 Å². The molecule has 0 aliphatic rings. The molecule has 0 amide bonds. The van der Waals surface area contributed by atoms with Crippen LogP contribution >= 0.6 is 0 Å². The Kier molecular flexibility index (Phi) is 5.23. The first-order valence-electron chi connectivity index (χ1n) is 11.8. The number of nitrogens with one attached hydrogen (secondary N) is 2.